The van der Waals surface area contributed by atoms with Crippen molar-refractivity contribution >= 4 is 23.8 Å². The fourth-order valence-corrected chi connectivity index (χ4v) is 3.48. The molecule has 24 heavy (non-hydrogen) atoms. The number of nitrogens with two attached hydrogens (primary N) is 1. The molecule has 3 amide bonds. The lowest BCUT2D eigenvalue weighted by Crippen LogP contribution is -2.53. The number of carbonyl (C=O) groups is 2. The first-order valence-electron chi connectivity index (χ1n) is 8.15. The molecule has 2 heterocycles. The van der Waals surface area contributed by atoms with E-state index < -0.39 is 5.54 Å². The molecule has 3 N–H and O–H groups in total. The summed E-state index contributed by atoms with van der Waals surface area (Å²) in [5.74, 6) is 0.690. The maximum absolute atomic E-state index is 12.9. The molecule has 2 aliphatic rings. The Hall–Kier alpha value is -2.45. The molecule has 1 saturated heterocycles. The van der Waals surface area contributed by atoms with Crippen LogP contribution in [0.3, 0.4) is 0 Å². The highest BCUT2D eigenvalue weighted by Crippen LogP contribution is 2.38. The van der Waals surface area contributed by atoms with Crippen LogP contribution in [0.25, 0.3) is 0 Å². The van der Waals surface area contributed by atoms with E-state index >= 15 is 0 Å². The van der Waals surface area contributed by atoms with Crippen molar-refractivity contribution in [3.8, 4) is 0 Å². The number of rotatable bonds is 3. The largest absolute Gasteiger partial charge is 0.368 e. The fourth-order valence-electron chi connectivity index (χ4n) is 3.48. The van der Waals surface area contributed by atoms with Crippen molar-refractivity contribution in [1.29, 1.82) is 0 Å². The van der Waals surface area contributed by atoms with Gasteiger partial charge in [0.1, 0.15) is 5.54 Å². The van der Waals surface area contributed by atoms with Crippen molar-refractivity contribution in [3.63, 3.8) is 0 Å². The number of hydrogen-bond donors (Lipinski definition) is 2. The van der Waals surface area contributed by atoms with Gasteiger partial charge in [-0.15, -0.1) is 0 Å². The topological polar surface area (TPSA) is 117 Å². The summed E-state index contributed by atoms with van der Waals surface area (Å²) in [4.78, 5) is 40.6. The van der Waals surface area contributed by atoms with Crippen molar-refractivity contribution < 1.29 is 9.59 Å². The van der Waals surface area contributed by atoms with Crippen molar-refractivity contribution in [2.45, 2.75) is 44.7 Å². The van der Waals surface area contributed by atoms with Crippen LogP contribution in [0.15, 0.2) is 0 Å². The Balaban J connectivity index is 1.86. The number of amides is 3. The van der Waals surface area contributed by atoms with Gasteiger partial charge in [-0.3, -0.25) is 9.69 Å². The summed E-state index contributed by atoms with van der Waals surface area (Å²) in [7, 11) is 3.57. The van der Waals surface area contributed by atoms with Gasteiger partial charge < -0.3 is 16.0 Å². The zero-order valence-corrected chi connectivity index (χ0v) is 14.2. The molecular formula is C15H23N7O2. The first-order chi connectivity index (χ1) is 11.3. The molecule has 2 atom stereocenters. The van der Waals surface area contributed by atoms with Crippen LogP contribution in [0.1, 0.15) is 38.4 Å². The van der Waals surface area contributed by atoms with Crippen LogP contribution in [0.2, 0.25) is 0 Å². The molecule has 0 radical (unpaired) electrons. The van der Waals surface area contributed by atoms with Crippen LogP contribution in [0.4, 0.5) is 16.7 Å². The van der Waals surface area contributed by atoms with Gasteiger partial charge in [-0.25, -0.2) is 4.79 Å². The molecule has 9 heteroatoms. The maximum Gasteiger partial charge on any atom is 0.325 e. The molecule has 130 valence electrons. The number of urea groups is 1. The number of imide groups is 1. The van der Waals surface area contributed by atoms with Crippen LogP contribution >= 0.6 is 0 Å². The third-order valence-corrected chi connectivity index (χ3v) is 4.89. The van der Waals surface area contributed by atoms with Crippen LogP contribution in [-0.2, 0) is 11.3 Å². The van der Waals surface area contributed by atoms with E-state index in [1.807, 2.05) is 6.92 Å². The molecular weight excluding hydrogens is 310 g/mol. The normalized spacial score (nSPS) is 26.8. The Bertz CT molecular complexity index is 678. The molecule has 9 nitrogen and oxygen atoms in total. The monoisotopic (exact) mass is 333 g/mol. The zero-order chi connectivity index (χ0) is 17.5. The van der Waals surface area contributed by atoms with Crippen molar-refractivity contribution in [2.75, 3.05) is 24.7 Å². The Labute approximate surface area is 140 Å². The van der Waals surface area contributed by atoms with Gasteiger partial charge in [0, 0.05) is 14.1 Å². The van der Waals surface area contributed by atoms with E-state index in [0.717, 1.165) is 19.3 Å². The summed E-state index contributed by atoms with van der Waals surface area (Å²) >= 11 is 0. The minimum Gasteiger partial charge on any atom is -0.368 e. The third kappa shape index (κ3) is 2.63. The molecule has 1 spiro atoms. The number of hydrogen-bond acceptors (Lipinski definition) is 7. The number of nitrogens with zero attached hydrogens (tertiary/aromatic N) is 5. The highest BCUT2D eigenvalue weighted by atomic mass is 16.2. The first-order valence-corrected chi connectivity index (χ1v) is 8.15. The van der Waals surface area contributed by atoms with E-state index in [2.05, 4.69) is 20.3 Å². The Kier molecular flexibility index (Phi) is 4.02. The van der Waals surface area contributed by atoms with Gasteiger partial charge >= 0.3 is 6.03 Å². The van der Waals surface area contributed by atoms with Crippen LogP contribution in [-0.4, -0.2) is 51.4 Å². The summed E-state index contributed by atoms with van der Waals surface area (Å²) in [5.41, 5.74) is 4.93. The molecule has 1 aromatic rings. The summed E-state index contributed by atoms with van der Waals surface area (Å²) in [6.07, 6.45) is 3.64. The minimum atomic E-state index is -0.779. The lowest BCUT2D eigenvalue weighted by Gasteiger charge is -2.36. The van der Waals surface area contributed by atoms with Gasteiger partial charge in [-0.05, 0) is 18.8 Å². The Morgan fingerprint density at radius 3 is 2.71 bits per heavy atom. The second-order valence-corrected chi connectivity index (χ2v) is 6.74. The van der Waals surface area contributed by atoms with Gasteiger partial charge in [0.25, 0.3) is 5.91 Å². The predicted octanol–water partition coefficient (Wildman–Crippen LogP) is 0.521. The summed E-state index contributed by atoms with van der Waals surface area (Å²) in [6.45, 7) is 2.01. The smallest absolute Gasteiger partial charge is 0.325 e. The first kappa shape index (κ1) is 16.4. The molecule has 1 aromatic heterocycles. The number of nitrogen functional groups attached to an aromatic ring is 1. The lowest BCUT2D eigenvalue weighted by atomic mass is 9.73. The highest BCUT2D eigenvalue weighted by molar-refractivity contribution is 6.07. The molecule has 1 aliphatic carbocycles. The van der Waals surface area contributed by atoms with Crippen LogP contribution in [0.5, 0.6) is 0 Å². The molecule has 0 unspecified atom stereocenters. The molecule has 1 aliphatic heterocycles. The number of nitrogens with one attached hydrogen (secondary N) is 1. The van der Waals surface area contributed by atoms with Crippen molar-refractivity contribution in [1.82, 2.24) is 25.2 Å². The van der Waals surface area contributed by atoms with Crippen LogP contribution in [0, 0.1) is 5.92 Å². The summed E-state index contributed by atoms with van der Waals surface area (Å²) in [6, 6.07) is -0.390. The number of aromatic nitrogens is 3. The quantitative estimate of drug-likeness (QED) is 0.774. The molecule has 1 saturated carbocycles. The molecule has 0 aromatic carbocycles. The Morgan fingerprint density at radius 1 is 1.29 bits per heavy atom. The van der Waals surface area contributed by atoms with Gasteiger partial charge in [0.2, 0.25) is 11.9 Å². The number of carbonyl (C=O) groups excluding carboxylic acids is 2. The van der Waals surface area contributed by atoms with Gasteiger partial charge in [0.05, 0.1) is 6.54 Å². The van der Waals surface area contributed by atoms with E-state index in [9.17, 15) is 9.59 Å². The van der Waals surface area contributed by atoms with E-state index in [1.54, 1.807) is 19.0 Å². The van der Waals surface area contributed by atoms with Crippen LogP contribution < -0.4 is 16.0 Å². The van der Waals surface area contributed by atoms with E-state index in [4.69, 9.17) is 5.73 Å². The fraction of sp³-hybridized carbons (Fsp3) is 0.667. The van der Waals surface area contributed by atoms with E-state index in [1.165, 1.54) is 4.90 Å². The average Bonchev–Trinajstić information content (AvgIpc) is 2.75. The van der Waals surface area contributed by atoms with E-state index in [0.29, 0.717) is 18.2 Å². The Morgan fingerprint density at radius 2 is 2.04 bits per heavy atom. The minimum absolute atomic E-state index is 0.00725. The van der Waals surface area contributed by atoms with Crippen molar-refractivity contribution in [2.24, 2.45) is 5.92 Å². The third-order valence-electron chi connectivity index (χ3n) is 4.89. The molecule has 2 fully saturated rings. The van der Waals surface area contributed by atoms with Gasteiger partial charge in [-0.2, -0.15) is 15.0 Å². The summed E-state index contributed by atoms with van der Waals surface area (Å²) < 4.78 is 0. The zero-order valence-electron chi connectivity index (χ0n) is 14.2. The number of anilines is 2. The van der Waals surface area contributed by atoms with E-state index in [-0.39, 0.29) is 30.3 Å². The molecule has 3 rings (SSSR count). The average molecular weight is 333 g/mol. The second-order valence-electron chi connectivity index (χ2n) is 6.74. The van der Waals surface area contributed by atoms with Gasteiger partial charge in [-0.1, -0.05) is 19.8 Å². The second kappa shape index (κ2) is 5.88. The highest BCUT2D eigenvalue weighted by Gasteiger charge is 2.54. The standard InChI is InChI=1S/C15H23N7O2/c1-9-6-4-5-7-15(9)11(23)22(14(24)20-15)8-10-17-12(16)19-13(18-10)21(2)3/h9H,4-8H2,1-3H3,(H,20,24)(H2,16,17,18,19)/t9-,15+/m0/s1. The van der Waals surface area contributed by atoms with Crippen molar-refractivity contribution in [3.05, 3.63) is 5.82 Å². The SMILES string of the molecule is C[C@H]1CCCC[C@@]12NC(=O)N(Cc1nc(N)nc(N(C)C)n1)C2=O. The summed E-state index contributed by atoms with van der Waals surface area (Å²) in [5, 5.41) is 2.92. The predicted molar refractivity (Wildman–Crippen MR) is 88.0 cm³/mol. The van der Waals surface area contributed by atoms with Gasteiger partial charge in [0.15, 0.2) is 5.82 Å². The molecule has 0 bridgehead atoms. The lowest BCUT2D eigenvalue weighted by molar-refractivity contribution is -0.134. The maximum atomic E-state index is 12.9.